The van der Waals surface area contributed by atoms with Gasteiger partial charge in [0.1, 0.15) is 0 Å². The molecule has 0 saturated heterocycles. The van der Waals surface area contributed by atoms with Gasteiger partial charge in [-0.15, -0.1) is 0 Å². The molecular weight excluding hydrogens is 324 g/mol. The van der Waals surface area contributed by atoms with Crippen LogP contribution in [0.2, 0.25) is 18.1 Å². The average Bonchev–Trinajstić information content (AvgIpc) is 2.58. The SMILES string of the molecule is CC(C)(C)[Si](C)(C)OCC1=CCCCC1C(O)/C=C/c1ccccc1. The zero-order valence-corrected chi connectivity index (χ0v) is 17.5. The van der Waals surface area contributed by atoms with Crippen molar-refractivity contribution in [2.24, 2.45) is 5.92 Å². The van der Waals surface area contributed by atoms with E-state index in [4.69, 9.17) is 4.43 Å². The van der Waals surface area contributed by atoms with E-state index in [2.05, 4.69) is 52.1 Å². The van der Waals surface area contributed by atoms with Gasteiger partial charge in [-0.3, -0.25) is 0 Å². The molecular formula is C22H34O2Si. The molecule has 0 fully saturated rings. The maximum absolute atomic E-state index is 10.7. The molecule has 0 spiro atoms. The highest BCUT2D eigenvalue weighted by Gasteiger charge is 2.38. The number of hydrogen-bond acceptors (Lipinski definition) is 2. The van der Waals surface area contributed by atoms with E-state index in [0.717, 1.165) is 24.8 Å². The molecule has 2 atom stereocenters. The first-order valence-electron chi connectivity index (χ1n) is 9.45. The molecule has 2 unspecified atom stereocenters. The molecule has 3 heteroatoms. The van der Waals surface area contributed by atoms with Crippen LogP contribution in [0.15, 0.2) is 48.1 Å². The molecule has 0 aromatic heterocycles. The van der Waals surface area contributed by atoms with E-state index in [1.807, 2.05) is 30.4 Å². The van der Waals surface area contributed by atoms with Crippen molar-refractivity contribution in [1.29, 1.82) is 0 Å². The lowest BCUT2D eigenvalue weighted by Gasteiger charge is -2.38. The standard InChI is InChI=1S/C22H34O2Si/c1-22(2,3)25(4,5)24-17-19-13-9-10-14-20(19)21(23)16-15-18-11-7-6-8-12-18/h6-8,11-13,15-16,20-21,23H,9-10,14,17H2,1-5H3/b16-15+. The van der Waals surface area contributed by atoms with Gasteiger partial charge in [0, 0.05) is 5.92 Å². The maximum Gasteiger partial charge on any atom is 0.192 e. The van der Waals surface area contributed by atoms with Crippen LogP contribution in [0, 0.1) is 5.92 Å². The maximum atomic E-state index is 10.7. The van der Waals surface area contributed by atoms with Crippen molar-refractivity contribution in [2.45, 2.75) is 64.3 Å². The Balaban J connectivity index is 2.02. The molecule has 0 saturated carbocycles. The Kier molecular flexibility index (Phi) is 6.84. The molecule has 0 heterocycles. The van der Waals surface area contributed by atoms with Gasteiger partial charge in [0.05, 0.1) is 12.7 Å². The average molecular weight is 359 g/mol. The number of allylic oxidation sites excluding steroid dienone is 1. The third-order valence-corrected chi connectivity index (χ3v) is 10.2. The highest BCUT2D eigenvalue weighted by molar-refractivity contribution is 6.74. The second kappa shape index (κ2) is 8.48. The molecule has 1 aromatic rings. The van der Waals surface area contributed by atoms with Gasteiger partial charge in [-0.1, -0.05) is 69.3 Å². The van der Waals surface area contributed by atoms with Crippen LogP contribution in [0.4, 0.5) is 0 Å². The summed E-state index contributed by atoms with van der Waals surface area (Å²) in [7, 11) is -1.76. The van der Waals surface area contributed by atoms with E-state index in [9.17, 15) is 5.11 Å². The number of aliphatic hydroxyl groups excluding tert-OH is 1. The van der Waals surface area contributed by atoms with E-state index in [-0.39, 0.29) is 11.0 Å². The van der Waals surface area contributed by atoms with E-state index < -0.39 is 14.4 Å². The van der Waals surface area contributed by atoms with Crippen molar-refractivity contribution in [3.8, 4) is 0 Å². The zero-order chi connectivity index (χ0) is 18.5. The van der Waals surface area contributed by atoms with Gasteiger partial charge in [0.2, 0.25) is 0 Å². The summed E-state index contributed by atoms with van der Waals surface area (Å²) in [6, 6.07) is 10.2. The second-order valence-corrected chi connectivity index (χ2v) is 13.4. The molecule has 0 amide bonds. The van der Waals surface area contributed by atoms with Gasteiger partial charge in [-0.25, -0.2) is 0 Å². The van der Waals surface area contributed by atoms with Crippen LogP contribution in [-0.2, 0) is 4.43 Å². The molecule has 0 aliphatic heterocycles. The molecule has 1 aliphatic carbocycles. The highest BCUT2D eigenvalue weighted by Crippen LogP contribution is 2.38. The Morgan fingerprint density at radius 1 is 1.24 bits per heavy atom. The Morgan fingerprint density at radius 2 is 1.92 bits per heavy atom. The fourth-order valence-corrected chi connectivity index (χ4v) is 3.87. The minimum atomic E-state index is -1.76. The van der Waals surface area contributed by atoms with Crippen molar-refractivity contribution in [3.05, 3.63) is 53.6 Å². The fourth-order valence-electron chi connectivity index (χ4n) is 2.91. The minimum absolute atomic E-state index is 0.179. The summed E-state index contributed by atoms with van der Waals surface area (Å²) in [5.74, 6) is 0.179. The summed E-state index contributed by atoms with van der Waals surface area (Å²) >= 11 is 0. The summed E-state index contributed by atoms with van der Waals surface area (Å²) in [5.41, 5.74) is 2.40. The topological polar surface area (TPSA) is 29.5 Å². The minimum Gasteiger partial charge on any atom is -0.413 e. The Labute approximate surface area is 154 Å². The summed E-state index contributed by atoms with van der Waals surface area (Å²) in [4.78, 5) is 0. The molecule has 0 bridgehead atoms. The first-order valence-corrected chi connectivity index (χ1v) is 12.4. The van der Waals surface area contributed by atoms with Gasteiger partial charge in [-0.2, -0.15) is 0 Å². The Bertz CT molecular complexity index is 596. The lowest BCUT2D eigenvalue weighted by molar-refractivity contribution is 0.151. The number of rotatable bonds is 6. The van der Waals surface area contributed by atoms with Crippen LogP contribution in [0.3, 0.4) is 0 Å². The van der Waals surface area contributed by atoms with E-state index in [1.165, 1.54) is 5.57 Å². The molecule has 0 radical (unpaired) electrons. The van der Waals surface area contributed by atoms with Gasteiger partial charge >= 0.3 is 0 Å². The molecule has 1 aliphatic rings. The van der Waals surface area contributed by atoms with Gasteiger partial charge in [0.15, 0.2) is 8.32 Å². The molecule has 1 N–H and O–H groups in total. The van der Waals surface area contributed by atoms with Crippen LogP contribution in [0.25, 0.3) is 6.08 Å². The highest BCUT2D eigenvalue weighted by atomic mass is 28.4. The van der Waals surface area contributed by atoms with Crippen molar-refractivity contribution in [3.63, 3.8) is 0 Å². The number of hydrogen-bond donors (Lipinski definition) is 1. The molecule has 1 aromatic carbocycles. The molecule has 2 rings (SSSR count). The van der Waals surface area contributed by atoms with Gasteiger partial charge < -0.3 is 9.53 Å². The molecule has 25 heavy (non-hydrogen) atoms. The molecule has 2 nitrogen and oxygen atoms in total. The fraction of sp³-hybridized carbons (Fsp3) is 0.545. The van der Waals surface area contributed by atoms with Crippen LogP contribution >= 0.6 is 0 Å². The second-order valence-electron chi connectivity index (χ2n) is 8.63. The lowest BCUT2D eigenvalue weighted by atomic mass is 9.83. The Hall–Kier alpha value is -1.16. The van der Waals surface area contributed by atoms with Crippen LogP contribution in [0.1, 0.15) is 45.6 Å². The first-order chi connectivity index (χ1) is 11.7. The van der Waals surface area contributed by atoms with Gasteiger partial charge in [0.25, 0.3) is 0 Å². The van der Waals surface area contributed by atoms with E-state index in [1.54, 1.807) is 0 Å². The number of benzene rings is 1. The van der Waals surface area contributed by atoms with Crippen molar-refractivity contribution in [1.82, 2.24) is 0 Å². The summed E-state index contributed by atoms with van der Waals surface area (Å²) in [6.07, 6.45) is 9.08. The largest absolute Gasteiger partial charge is 0.413 e. The summed E-state index contributed by atoms with van der Waals surface area (Å²) < 4.78 is 6.41. The third kappa shape index (κ3) is 5.66. The van der Waals surface area contributed by atoms with Crippen LogP contribution in [0.5, 0.6) is 0 Å². The van der Waals surface area contributed by atoms with E-state index in [0.29, 0.717) is 6.61 Å². The normalized spacial score (nSPS) is 20.6. The summed E-state index contributed by atoms with van der Waals surface area (Å²) in [6.45, 7) is 12.0. The van der Waals surface area contributed by atoms with Crippen LogP contribution in [-0.4, -0.2) is 26.1 Å². The van der Waals surface area contributed by atoms with E-state index >= 15 is 0 Å². The zero-order valence-electron chi connectivity index (χ0n) is 16.5. The monoisotopic (exact) mass is 358 g/mol. The number of aliphatic hydroxyl groups is 1. The van der Waals surface area contributed by atoms with Crippen LogP contribution < -0.4 is 0 Å². The molecule has 138 valence electrons. The Morgan fingerprint density at radius 3 is 2.56 bits per heavy atom. The first kappa shape index (κ1) is 20.2. The lowest BCUT2D eigenvalue weighted by Crippen LogP contribution is -2.42. The predicted octanol–water partition coefficient (Wildman–Crippen LogP) is 5.81. The van der Waals surface area contributed by atoms with Crippen molar-refractivity contribution in [2.75, 3.05) is 6.61 Å². The quantitative estimate of drug-likeness (QED) is 0.514. The predicted molar refractivity (Wildman–Crippen MR) is 110 cm³/mol. The smallest absolute Gasteiger partial charge is 0.192 e. The van der Waals surface area contributed by atoms with Gasteiger partial charge in [-0.05, 0) is 48.5 Å². The van der Waals surface area contributed by atoms with Crippen molar-refractivity contribution < 1.29 is 9.53 Å². The van der Waals surface area contributed by atoms with Crippen molar-refractivity contribution >= 4 is 14.4 Å². The summed E-state index contributed by atoms with van der Waals surface area (Å²) in [5, 5.41) is 10.9. The third-order valence-electron chi connectivity index (χ3n) is 5.71.